The molecule has 25 heavy (non-hydrogen) atoms. The predicted octanol–water partition coefficient (Wildman–Crippen LogP) is 2.67. The van der Waals surface area contributed by atoms with Crippen molar-refractivity contribution in [3.63, 3.8) is 0 Å². The molecular weight excluding hydrogens is 314 g/mol. The highest BCUT2D eigenvalue weighted by molar-refractivity contribution is 5.94. The summed E-state index contributed by atoms with van der Waals surface area (Å²) in [6.45, 7) is 1.87. The SMILES string of the molecule is C[C@H](Nc1cccc(C(N)=O)c1)C(=O)NC12CC3CC(CC(C3)C1)C2. The first-order chi connectivity index (χ1) is 11.9. The lowest BCUT2D eigenvalue weighted by atomic mass is 9.53. The zero-order valence-electron chi connectivity index (χ0n) is 14.8. The predicted molar refractivity (Wildman–Crippen MR) is 97.1 cm³/mol. The first-order valence-electron chi connectivity index (χ1n) is 9.41. The van der Waals surface area contributed by atoms with E-state index >= 15 is 0 Å². The highest BCUT2D eigenvalue weighted by atomic mass is 16.2. The van der Waals surface area contributed by atoms with E-state index in [-0.39, 0.29) is 17.5 Å². The Bertz CT molecular complexity index is 665. The van der Waals surface area contributed by atoms with Gasteiger partial charge in [-0.3, -0.25) is 9.59 Å². The minimum absolute atomic E-state index is 0.0246. The number of nitrogens with two attached hydrogens (primary N) is 1. The Labute approximate surface area is 148 Å². The Morgan fingerprint density at radius 2 is 1.72 bits per heavy atom. The minimum Gasteiger partial charge on any atom is -0.374 e. The van der Waals surface area contributed by atoms with Crippen LogP contribution in [0, 0.1) is 17.8 Å². The summed E-state index contributed by atoms with van der Waals surface area (Å²) in [4.78, 5) is 24.1. The number of carbonyl (C=O) groups is 2. The first-order valence-corrected chi connectivity index (χ1v) is 9.41. The fourth-order valence-electron chi connectivity index (χ4n) is 5.71. The van der Waals surface area contributed by atoms with Gasteiger partial charge in [0.05, 0.1) is 0 Å². The summed E-state index contributed by atoms with van der Waals surface area (Å²) in [6, 6.07) is 6.63. The number of carbonyl (C=O) groups excluding carboxylic acids is 2. The molecule has 4 aliphatic carbocycles. The molecule has 5 heteroatoms. The van der Waals surface area contributed by atoms with E-state index in [2.05, 4.69) is 10.6 Å². The number of primary amides is 1. The van der Waals surface area contributed by atoms with E-state index in [0.29, 0.717) is 5.56 Å². The summed E-state index contributed by atoms with van der Waals surface area (Å²) < 4.78 is 0. The summed E-state index contributed by atoms with van der Waals surface area (Å²) in [5.74, 6) is 2.01. The van der Waals surface area contributed by atoms with Crippen LogP contribution in [0.5, 0.6) is 0 Å². The molecule has 5 nitrogen and oxygen atoms in total. The van der Waals surface area contributed by atoms with E-state index in [1.54, 1.807) is 18.2 Å². The molecule has 4 fully saturated rings. The van der Waals surface area contributed by atoms with E-state index in [9.17, 15) is 9.59 Å². The number of benzene rings is 1. The maximum atomic E-state index is 12.8. The van der Waals surface area contributed by atoms with Crippen molar-refractivity contribution in [3.8, 4) is 0 Å². The van der Waals surface area contributed by atoms with Crippen molar-refractivity contribution in [3.05, 3.63) is 29.8 Å². The van der Waals surface area contributed by atoms with Gasteiger partial charge in [0.1, 0.15) is 6.04 Å². The molecule has 4 aliphatic rings. The lowest BCUT2D eigenvalue weighted by molar-refractivity contribution is -0.127. The topological polar surface area (TPSA) is 84.2 Å². The van der Waals surface area contributed by atoms with Crippen LogP contribution in [0.15, 0.2) is 24.3 Å². The van der Waals surface area contributed by atoms with Crippen molar-refractivity contribution in [1.29, 1.82) is 0 Å². The number of hydrogen-bond acceptors (Lipinski definition) is 3. The van der Waals surface area contributed by atoms with Gasteiger partial charge in [-0.1, -0.05) is 6.07 Å². The number of hydrogen-bond donors (Lipinski definition) is 3. The summed E-state index contributed by atoms with van der Waals surface area (Å²) >= 11 is 0. The number of rotatable bonds is 5. The van der Waals surface area contributed by atoms with Gasteiger partial charge < -0.3 is 16.4 Å². The Kier molecular flexibility index (Phi) is 3.97. The van der Waals surface area contributed by atoms with Crippen LogP contribution >= 0.6 is 0 Å². The van der Waals surface area contributed by atoms with Gasteiger partial charge in [0.2, 0.25) is 11.8 Å². The summed E-state index contributed by atoms with van der Waals surface area (Å²) in [5.41, 5.74) is 6.53. The van der Waals surface area contributed by atoms with Crippen LogP contribution in [0.2, 0.25) is 0 Å². The Balaban J connectivity index is 1.41. The van der Waals surface area contributed by atoms with E-state index in [0.717, 1.165) is 42.7 Å². The van der Waals surface area contributed by atoms with Gasteiger partial charge in [0.15, 0.2) is 0 Å². The maximum absolute atomic E-state index is 12.8. The Hall–Kier alpha value is -2.04. The molecule has 0 aromatic heterocycles. The lowest BCUT2D eigenvalue weighted by Crippen LogP contribution is -2.61. The molecule has 2 amide bonds. The zero-order chi connectivity index (χ0) is 17.6. The number of anilines is 1. The number of amides is 2. The average molecular weight is 341 g/mol. The fraction of sp³-hybridized carbons (Fsp3) is 0.600. The van der Waals surface area contributed by atoms with E-state index in [1.165, 1.54) is 19.3 Å². The third-order valence-corrected chi connectivity index (χ3v) is 6.35. The van der Waals surface area contributed by atoms with Crippen LogP contribution in [0.3, 0.4) is 0 Å². The highest BCUT2D eigenvalue weighted by Gasteiger charge is 2.51. The second-order valence-corrected chi connectivity index (χ2v) is 8.50. The monoisotopic (exact) mass is 341 g/mol. The molecule has 134 valence electrons. The molecule has 1 aromatic carbocycles. The fourth-order valence-corrected chi connectivity index (χ4v) is 5.71. The molecule has 0 aliphatic heterocycles. The summed E-state index contributed by atoms with van der Waals surface area (Å²) in [7, 11) is 0. The summed E-state index contributed by atoms with van der Waals surface area (Å²) in [5, 5.41) is 6.59. The molecule has 0 spiro atoms. The maximum Gasteiger partial charge on any atom is 0.248 e. The highest BCUT2D eigenvalue weighted by Crippen LogP contribution is 2.55. The molecule has 4 bridgehead atoms. The van der Waals surface area contributed by atoms with Crippen molar-refractivity contribution >= 4 is 17.5 Å². The second kappa shape index (κ2) is 6.04. The van der Waals surface area contributed by atoms with Gasteiger partial charge in [-0.05, 0) is 81.4 Å². The van der Waals surface area contributed by atoms with Gasteiger partial charge in [-0.2, -0.15) is 0 Å². The van der Waals surface area contributed by atoms with Crippen molar-refractivity contribution in [2.45, 2.75) is 57.0 Å². The molecular formula is C20H27N3O2. The second-order valence-electron chi connectivity index (χ2n) is 8.50. The molecule has 5 rings (SSSR count). The molecule has 0 unspecified atom stereocenters. The van der Waals surface area contributed by atoms with Gasteiger partial charge in [-0.25, -0.2) is 0 Å². The van der Waals surface area contributed by atoms with Crippen molar-refractivity contribution < 1.29 is 9.59 Å². The quantitative estimate of drug-likeness (QED) is 0.770. The van der Waals surface area contributed by atoms with E-state index in [4.69, 9.17) is 5.73 Å². The third-order valence-electron chi connectivity index (χ3n) is 6.35. The molecule has 0 saturated heterocycles. The molecule has 0 heterocycles. The van der Waals surface area contributed by atoms with E-state index < -0.39 is 5.91 Å². The molecule has 4 N–H and O–H groups in total. The molecule has 4 saturated carbocycles. The smallest absolute Gasteiger partial charge is 0.248 e. The van der Waals surface area contributed by atoms with Crippen molar-refractivity contribution in [2.24, 2.45) is 23.5 Å². The van der Waals surface area contributed by atoms with Crippen molar-refractivity contribution in [2.75, 3.05) is 5.32 Å². The molecule has 1 atom stereocenters. The largest absolute Gasteiger partial charge is 0.374 e. The normalized spacial score (nSPS) is 33.7. The Morgan fingerprint density at radius 1 is 1.12 bits per heavy atom. The Morgan fingerprint density at radius 3 is 2.28 bits per heavy atom. The van der Waals surface area contributed by atoms with Crippen LogP contribution < -0.4 is 16.4 Å². The van der Waals surface area contributed by atoms with Crippen LogP contribution in [0.4, 0.5) is 5.69 Å². The lowest BCUT2D eigenvalue weighted by Gasteiger charge is -2.57. The summed E-state index contributed by atoms with van der Waals surface area (Å²) in [6.07, 6.45) is 7.53. The molecule has 1 aromatic rings. The first kappa shape index (κ1) is 16.4. The number of nitrogens with one attached hydrogen (secondary N) is 2. The average Bonchev–Trinajstić information content (AvgIpc) is 2.53. The van der Waals surface area contributed by atoms with Gasteiger partial charge in [-0.15, -0.1) is 0 Å². The standard InChI is InChI=1S/C20H27N3O2/c1-12(22-17-4-2-3-16(8-17)18(21)24)19(25)23-20-9-13-5-14(10-20)7-15(6-13)11-20/h2-4,8,12-15,22H,5-7,9-11H2,1H3,(H2,21,24)(H,23,25)/t12-,13?,14?,15?,20?/m0/s1. The van der Waals surface area contributed by atoms with Gasteiger partial charge >= 0.3 is 0 Å². The third kappa shape index (κ3) is 3.24. The van der Waals surface area contributed by atoms with Crippen LogP contribution in [-0.2, 0) is 4.79 Å². The van der Waals surface area contributed by atoms with E-state index in [1.807, 2.05) is 13.0 Å². The van der Waals surface area contributed by atoms with Crippen LogP contribution in [-0.4, -0.2) is 23.4 Å². The molecule has 0 radical (unpaired) electrons. The van der Waals surface area contributed by atoms with Crippen LogP contribution in [0.1, 0.15) is 55.8 Å². The van der Waals surface area contributed by atoms with Crippen LogP contribution in [0.25, 0.3) is 0 Å². The minimum atomic E-state index is -0.464. The zero-order valence-corrected chi connectivity index (χ0v) is 14.8. The van der Waals surface area contributed by atoms with Gasteiger partial charge in [0.25, 0.3) is 0 Å². The van der Waals surface area contributed by atoms with Gasteiger partial charge in [0, 0.05) is 16.8 Å². The van der Waals surface area contributed by atoms with Crippen molar-refractivity contribution in [1.82, 2.24) is 5.32 Å².